The quantitative estimate of drug-likeness (QED) is 0.430. The number of nitrogens with one attached hydrogen (secondary N) is 1. The number of hydrogen-bond acceptors (Lipinski definition) is 8. The summed E-state index contributed by atoms with van der Waals surface area (Å²) in [6.07, 6.45) is 1.53. The monoisotopic (exact) mass is 395 g/mol. The molecular formula is C22H17N7O. The molecule has 30 heavy (non-hydrogen) atoms. The molecule has 0 aliphatic carbocycles. The van der Waals surface area contributed by atoms with Crippen LogP contribution in [0.3, 0.4) is 0 Å². The number of nitrogen functional groups attached to an aromatic ring is 2. The minimum atomic E-state index is 0.156. The fourth-order valence-electron chi connectivity index (χ4n) is 2.80. The van der Waals surface area contributed by atoms with Gasteiger partial charge in [0.2, 0.25) is 5.95 Å². The van der Waals surface area contributed by atoms with Crippen LogP contribution in [0.5, 0.6) is 11.5 Å². The summed E-state index contributed by atoms with van der Waals surface area (Å²) < 4.78 is 5.76. The van der Waals surface area contributed by atoms with Gasteiger partial charge in [0.25, 0.3) is 0 Å². The lowest BCUT2D eigenvalue weighted by Gasteiger charge is -2.10. The first kappa shape index (κ1) is 18.7. The molecule has 8 heteroatoms. The Morgan fingerprint density at radius 2 is 1.73 bits per heavy atom. The molecule has 4 aromatic rings. The van der Waals surface area contributed by atoms with E-state index in [1.807, 2.05) is 42.5 Å². The van der Waals surface area contributed by atoms with E-state index in [0.29, 0.717) is 34.4 Å². The van der Waals surface area contributed by atoms with Gasteiger partial charge in [-0.15, -0.1) is 0 Å². The van der Waals surface area contributed by atoms with Crippen molar-refractivity contribution in [2.75, 3.05) is 16.8 Å². The first-order valence-electron chi connectivity index (χ1n) is 9.00. The van der Waals surface area contributed by atoms with E-state index in [1.165, 1.54) is 6.20 Å². The average Bonchev–Trinajstić information content (AvgIpc) is 2.75. The van der Waals surface area contributed by atoms with Gasteiger partial charge in [0.1, 0.15) is 29.1 Å². The average molecular weight is 395 g/mol. The molecule has 0 bridgehead atoms. The molecule has 0 atom stereocenters. The minimum absolute atomic E-state index is 0.156. The zero-order chi connectivity index (χ0) is 20.9. The highest BCUT2D eigenvalue weighted by Gasteiger charge is 2.07. The lowest BCUT2D eigenvalue weighted by molar-refractivity contribution is 0.482. The standard InChI is InChI=1S/C22H17N7O/c23-13-17-11-19(8-9-26-17)30-18-6-4-16(5-7-18)27-21-12-20(28-22(25)29-21)14-2-1-3-15(24)10-14/h1-12H,24H2,(H3,25,27,28,29). The van der Waals surface area contributed by atoms with Crippen LogP contribution in [0, 0.1) is 11.3 Å². The van der Waals surface area contributed by atoms with Crippen molar-refractivity contribution in [2.24, 2.45) is 0 Å². The van der Waals surface area contributed by atoms with Gasteiger partial charge < -0.3 is 21.5 Å². The zero-order valence-corrected chi connectivity index (χ0v) is 15.8. The van der Waals surface area contributed by atoms with Gasteiger partial charge in [-0.25, -0.2) is 9.97 Å². The Morgan fingerprint density at radius 1 is 0.900 bits per heavy atom. The summed E-state index contributed by atoms with van der Waals surface area (Å²) in [7, 11) is 0. The van der Waals surface area contributed by atoms with E-state index in [-0.39, 0.29) is 5.95 Å². The lowest BCUT2D eigenvalue weighted by Crippen LogP contribution is -2.01. The highest BCUT2D eigenvalue weighted by molar-refractivity contribution is 5.69. The topological polar surface area (TPSA) is 136 Å². The summed E-state index contributed by atoms with van der Waals surface area (Å²) in [6, 6.07) is 21.8. The molecule has 5 N–H and O–H groups in total. The van der Waals surface area contributed by atoms with Crippen molar-refractivity contribution in [2.45, 2.75) is 0 Å². The van der Waals surface area contributed by atoms with Gasteiger partial charge in [-0.05, 0) is 42.5 Å². The molecular weight excluding hydrogens is 378 g/mol. The van der Waals surface area contributed by atoms with Crippen molar-refractivity contribution in [1.82, 2.24) is 15.0 Å². The normalized spacial score (nSPS) is 10.2. The fourth-order valence-corrected chi connectivity index (χ4v) is 2.80. The van der Waals surface area contributed by atoms with Gasteiger partial charge in [-0.2, -0.15) is 10.2 Å². The number of aromatic nitrogens is 3. The molecule has 0 amide bonds. The van der Waals surface area contributed by atoms with E-state index < -0.39 is 0 Å². The van der Waals surface area contributed by atoms with Crippen LogP contribution in [0.2, 0.25) is 0 Å². The Labute approximate surface area is 172 Å². The molecule has 0 aliphatic heterocycles. The third kappa shape index (κ3) is 4.43. The predicted octanol–water partition coefficient (Wildman–Crippen LogP) is 4.11. The van der Waals surface area contributed by atoms with Crippen molar-refractivity contribution >= 4 is 23.1 Å². The van der Waals surface area contributed by atoms with E-state index in [2.05, 4.69) is 20.3 Å². The van der Waals surface area contributed by atoms with Gasteiger partial charge in [-0.1, -0.05) is 12.1 Å². The highest BCUT2D eigenvalue weighted by Crippen LogP contribution is 2.26. The van der Waals surface area contributed by atoms with Gasteiger partial charge in [0.15, 0.2) is 0 Å². The van der Waals surface area contributed by atoms with Crippen molar-refractivity contribution in [3.05, 3.63) is 78.6 Å². The zero-order valence-electron chi connectivity index (χ0n) is 15.8. The van der Waals surface area contributed by atoms with Gasteiger partial charge in [0, 0.05) is 35.3 Å². The van der Waals surface area contributed by atoms with Gasteiger partial charge in [0.05, 0.1) is 5.69 Å². The molecule has 0 aliphatic rings. The summed E-state index contributed by atoms with van der Waals surface area (Å²) >= 11 is 0. The molecule has 4 rings (SSSR count). The number of benzene rings is 2. The smallest absolute Gasteiger partial charge is 0.222 e. The van der Waals surface area contributed by atoms with Crippen molar-refractivity contribution < 1.29 is 4.74 Å². The van der Waals surface area contributed by atoms with E-state index in [0.717, 1.165) is 11.3 Å². The first-order chi connectivity index (χ1) is 14.6. The largest absolute Gasteiger partial charge is 0.457 e. The molecule has 0 saturated carbocycles. The molecule has 2 heterocycles. The van der Waals surface area contributed by atoms with Crippen LogP contribution in [0.1, 0.15) is 5.69 Å². The number of anilines is 4. The maximum atomic E-state index is 8.93. The SMILES string of the molecule is N#Cc1cc(Oc2ccc(Nc3cc(-c4cccc(N)c4)nc(N)n3)cc2)ccn1. The number of nitriles is 1. The second-order valence-corrected chi connectivity index (χ2v) is 6.36. The van der Waals surface area contributed by atoms with Crippen LogP contribution >= 0.6 is 0 Å². The van der Waals surface area contributed by atoms with Crippen LogP contribution in [-0.2, 0) is 0 Å². The number of nitrogens with two attached hydrogens (primary N) is 2. The van der Waals surface area contributed by atoms with Crippen molar-refractivity contribution in [3.8, 4) is 28.8 Å². The molecule has 2 aromatic heterocycles. The third-order valence-corrected chi connectivity index (χ3v) is 4.13. The van der Waals surface area contributed by atoms with Gasteiger partial charge in [-0.3, -0.25) is 0 Å². The summed E-state index contributed by atoms with van der Waals surface area (Å²) in [5.41, 5.74) is 15.0. The molecule has 146 valence electrons. The second-order valence-electron chi connectivity index (χ2n) is 6.36. The Kier molecular flexibility index (Phi) is 5.09. The molecule has 8 nitrogen and oxygen atoms in total. The van der Waals surface area contributed by atoms with Crippen LogP contribution < -0.4 is 21.5 Å². The first-order valence-corrected chi connectivity index (χ1v) is 9.00. The predicted molar refractivity (Wildman–Crippen MR) is 115 cm³/mol. The van der Waals surface area contributed by atoms with Crippen LogP contribution in [0.15, 0.2) is 72.9 Å². The van der Waals surface area contributed by atoms with Gasteiger partial charge >= 0.3 is 0 Å². The molecule has 0 spiro atoms. The molecule has 0 fully saturated rings. The molecule has 0 saturated heterocycles. The molecule has 2 aromatic carbocycles. The lowest BCUT2D eigenvalue weighted by atomic mass is 10.1. The van der Waals surface area contributed by atoms with Crippen LogP contribution in [0.25, 0.3) is 11.3 Å². The van der Waals surface area contributed by atoms with Crippen molar-refractivity contribution in [1.29, 1.82) is 5.26 Å². The number of pyridine rings is 1. The Morgan fingerprint density at radius 3 is 2.50 bits per heavy atom. The second kappa shape index (κ2) is 8.16. The fraction of sp³-hybridized carbons (Fsp3) is 0. The Balaban J connectivity index is 1.51. The van der Waals surface area contributed by atoms with Crippen LogP contribution in [0.4, 0.5) is 23.1 Å². The van der Waals surface area contributed by atoms with Crippen molar-refractivity contribution in [3.63, 3.8) is 0 Å². The molecule has 0 radical (unpaired) electrons. The Bertz CT molecular complexity index is 1230. The summed E-state index contributed by atoms with van der Waals surface area (Å²) in [6.45, 7) is 0. The van der Waals surface area contributed by atoms with Crippen LogP contribution in [-0.4, -0.2) is 15.0 Å². The van der Waals surface area contributed by atoms with E-state index in [4.69, 9.17) is 21.5 Å². The summed E-state index contributed by atoms with van der Waals surface area (Å²) in [5.74, 6) is 1.88. The number of rotatable bonds is 5. The molecule has 0 unspecified atom stereocenters. The third-order valence-electron chi connectivity index (χ3n) is 4.13. The highest BCUT2D eigenvalue weighted by atomic mass is 16.5. The number of hydrogen-bond donors (Lipinski definition) is 3. The maximum Gasteiger partial charge on any atom is 0.222 e. The number of nitrogens with zero attached hydrogens (tertiary/aromatic N) is 4. The van der Waals surface area contributed by atoms with E-state index in [1.54, 1.807) is 30.3 Å². The summed E-state index contributed by atoms with van der Waals surface area (Å²) in [4.78, 5) is 12.4. The maximum absolute atomic E-state index is 8.93. The Hall–Kier alpha value is -4.64. The number of ether oxygens (including phenoxy) is 1. The van der Waals surface area contributed by atoms with E-state index >= 15 is 0 Å². The summed E-state index contributed by atoms with van der Waals surface area (Å²) in [5, 5.41) is 12.1. The minimum Gasteiger partial charge on any atom is -0.457 e. The van der Waals surface area contributed by atoms with E-state index in [9.17, 15) is 0 Å².